The van der Waals surface area contributed by atoms with E-state index in [-0.39, 0.29) is 0 Å². The summed E-state index contributed by atoms with van der Waals surface area (Å²) < 4.78 is 13.0. The van der Waals surface area contributed by atoms with Gasteiger partial charge in [-0.2, -0.15) is 0 Å². The monoisotopic (exact) mass is 330 g/mol. The third-order valence-electron chi connectivity index (χ3n) is 2.14. The number of aromatic nitrogens is 1. The van der Waals surface area contributed by atoms with E-state index in [0.29, 0.717) is 16.3 Å². The van der Waals surface area contributed by atoms with E-state index >= 15 is 0 Å². The van der Waals surface area contributed by atoms with Crippen molar-refractivity contribution < 1.29 is 4.21 Å². The first-order chi connectivity index (χ1) is 8.06. The van der Waals surface area contributed by atoms with Gasteiger partial charge in [0.2, 0.25) is 0 Å². The second-order valence-corrected chi connectivity index (χ2v) is 6.83. The number of benzene rings is 1. The molecule has 0 saturated carbocycles. The fourth-order valence-corrected chi connectivity index (χ4v) is 3.90. The van der Waals surface area contributed by atoms with Gasteiger partial charge in [-0.1, -0.05) is 15.9 Å². The van der Waals surface area contributed by atoms with Gasteiger partial charge in [0.05, 0.1) is 21.4 Å². The van der Waals surface area contributed by atoms with Gasteiger partial charge in [0.15, 0.2) is 0 Å². The van der Waals surface area contributed by atoms with Crippen LogP contribution < -0.4 is 5.73 Å². The summed E-state index contributed by atoms with van der Waals surface area (Å²) in [5, 5.41) is 2.83. The predicted molar refractivity (Wildman–Crippen MR) is 75.5 cm³/mol. The minimum absolute atomic E-state index is 0.421. The lowest BCUT2D eigenvalue weighted by Gasteiger charge is -2.04. The van der Waals surface area contributed by atoms with E-state index in [0.717, 1.165) is 15.2 Å². The molecule has 6 heteroatoms. The molecule has 0 saturated heterocycles. The van der Waals surface area contributed by atoms with Crippen LogP contribution in [0, 0.1) is 6.92 Å². The number of thiazole rings is 1. The maximum Gasteiger partial charge on any atom is 0.106 e. The van der Waals surface area contributed by atoms with Crippen LogP contribution in [0.1, 0.15) is 10.7 Å². The molecule has 2 N–H and O–H groups in total. The third-order valence-corrected chi connectivity index (χ3v) is 5.18. The zero-order valence-electron chi connectivity index (χ0n) is 9.14. The van der Waals surface area contributed by atoms with Gasteiger partial charge in [0, 0.05) is 21.2 Å². The lowest BCUT2D eigenvalue weighted by atomic mass is 10.3. The second-order valence-electron chi connectivity index (χ2n) is 3.55. The molecule has 2 aromatic rings. The number of nitrogens with zero attached hydrogens (tertiary/aromatic N) is 1. The minimum atomic E-state index is -1.14. The smallest absolute Gasteiger partial charge is 0.106 e. The number of halogens is 1. The highest BCUT2D eigenvalue weighted by Gasteiger charge is 2.11. The van der Waals surface area contributed by atoms with Crippen LogP contribution in [0.4, 0.5) is 5.69 Å². The maximum absolute atomic E-state index is 12.1. The molecule has 17 heavy (non-hydrogen) atoms. The number of nitrogen functional groups attached to an aromatic ring is 1. The Morgan fingerprint density at radius 3 is 2.88 bits per heavy atom. The van der Waals surface area contributed by atoms with Crippen LogP contribution in [0.5, 0.6) is 0 Å². The van der Waals surface area contributed by atoms with Gasteiger partial charge in [-0.15, -0.1) is 11.3 Å². The van der Waals surface area contributed by atoms with E-state index < -0.39 is 10.8 Å². The molecule has 0 aliphatic rings. The minimum Gasteiger partial charge on any atom is -0.398 e. The lowest BCUT2D eigenvalue weighted by Crippen LogP contribution is -2.00. The van der Waals surface area contributed by atoms with Gasteiger partial charge in [0.1, 0.15) is 5.01 Å². The number of anilines is 1. The third kappa shape index (κ3) is 3.14. The Bertz CT molecular complexity index is 568. The standard InChI is InChI=1S/C11H11BrN2OS2/c1-7-5-16-11(14-7)6-17(15)10-3-2-8(12)4-9(10)13/h2-5H,6,13H2,1H3. The molecule has 0 aliphatic heterocycles. The largest absolute Gasteiger partial charge is 0.398 e. The Hall–Kier alpha value is -0.720. The van der Waals surface area contributed by atoms with Gasteiger partial charge in [0.25, 0.3) is 0 Å². The van der Waals surface area contributed by atoms with Gasteiger partial charge in [-0.3, -0.25) is 4.21 Å². The molecule has 0 spiro atoms. The molecule has 0 aliphatic carbocycles. The summed E-state index contributed by atoms with van der Waals surface area (Å²) in [6.07, 6.45) is 0. The Labute approximate surface area is 115 Å². The summed E-state index contributed by atoms with van der Waals surface area (Å²) in [5.74, 6) is 0.421. The summed E-state index contributed by atoms with van der Waals surface area (Å²) in [6, 6.07) is 5.40. The number of hydrogen-bond acceptors (Lipinski definition) is 4. The van der Waals surface area contributed by atoms with Crippen molar-refractivity contribution in [3.8, 4) is 0 Å². The molecule has 3 nitrogen and oxygen atoms in total. The van der Waals surface area contributed by atoms with Crippen molar-refractivity contribution in [2.45, 2.75) is 17.6 Å². The van der Waals surface area contributed by atoms with E-state index in [2.05, 4.69) is 20.9 Å². The molecule has 1 aromatic heterocycles. The number of rotatable bonds is 3. The van der Waals surface area contributed by atoms with Crippen LogP contribution in [0.15, 0.2) is 32.9 Å². The van der Waals surface area contributed by atoms with E-state index in [4.69, 9.17) is 5.73 Å². The first kappa shape index (κ1) is 12.7. The molecule has 1 aromatic carbocycles. The molecule has 90 valence electrons. The first-order valence-electron chi connectivity index (χ1n) is 4.90. The molecule has 0 bridgehead atoms. The Kier molecular flexibility index (Phi) is 3.96. The van der Waals surface area contributed by atoms with Crippen molar-refractivity contribution in [3.05, 3.63) is 38.8 Å². The molecule has 0 amide bonds. The zero-order valence-corrected chi connectivity index (χ0v) is 12.4. The molecular formula is C11H11BrN2OS2. The van der Waals surface area contributed by atoms with Crippen LogP contribution in [0.2, 0.25) is 0 Å². The van der Waals surface area contributed by atoms with E-state index in [1.165, 1.54) is 11.3 Å². The molecule has 1 atom stereocenters. The highest BCUT2D eigenvalue weighted by molar-refractivity contribution is 9.10. The highest BCUT2D eigenvalue weighted by atomic mass is 79.9. The van der Waals surface area contributed by atoms with Crippen molar-refractivity contribution in [1.82, 2.24) is 4.98 Å². The highest BCUT2D eigenvalue weighted by Crippen LogP contribution is 2.24. The molecule has 0 fully saturated rings. The van der Waals surface area contributed by atoms with E-state index in [1.807, 2.05) is 18.4 Å². The first-order valence-corrected chi connectivity index (χ1v) is 7.90. The summed E-state index contributed by atoms with van der Waals surface area (Å²) in [5.41, 5.74) is 7.35. The lowest BCUT2D eigenvalue weighted by molar-refractivity contribution is 0.682. The SMILES string of the molecule is Cc1csc(CS(=O)c2ccc(Br)cc2N)n1. The van der Waals surface area contributed by atoms with Crippen molar-refractivity contribution in [2.75, 3.05) is 5.73 Å². The molecule has 1 heterocycles. The van der Waals surface area contributed by atoms with Gasteiger partial charge < -0.3 is 5.73 Å². The van der Waals surface area contributed by atoms with Crippen molar-refractivity contribution in [1.29, 1.82) is 0 Å². The Morgan fingerprint density at radius 1 is 1.53 bits per heavy atom. The van der Waals surface area contributed by atoms with Crippen molar-refractivity contribution >= 4 is 43.8 Å². The Morgan fingerprint density at radius 2 is 2.29 bits per heavy atom. The fourth-order valence-electron chi connectivity index (χ4n) is 1.39. The average molecular weight is 331 g/mol. The van der Waals surface area contributed by atoms with Crippen molar-refractivity contribution in [3.63, 3.8) is 0 Å². The average Bonchev–Trinajstić information content (AvgIpc) is 2.63. The summed E-state index contributed by atoms with van der Waals surface area (Å²) in [7, 11) is -1.14. The van der Waals surface area contributed by atoms with Crippen LogP contribution in [-0.4, -0.2) is 9.19 Å². The summed E-state index contributed by atoms with van der Waals surface area (Å²) in [6.45, 7) is 1.93. The molecule has 1 unspecified atom stereocenters. The van der Waals surface area contributed by atoms with E-state index in [1.54, 1.807) is 12.1 Å². The zero-order chi connectivity index (χ0) is 12.4. The maximum atomic E-state index is 12.1. The summed E-state index contributed by atoms with van der Waals surface area (Å²) in [4.78, 5) is 4.97. The summed E-state index contributed by atoms with van der Waals surface area (Å²) >= 11 is 4.85. The fraction of sp³-hybridized carbons (Fsp3) is 0.182. The van der Waals surface area contributed by atoms with Crippen molar-refractivity contribution in [2.24, 2.45) is 0 Å². The normalized spacial score (nSPS) is 12.6. The van der Waals surface area contributed by atoms with Crippen LogP contribution in [0.25, 0.3) is 0 Å². The second kappa shape index (κ2) is 5.29. The molecular weight excluding hydrogens is 320 g/mol. The Balaban J connectivity index is 2.20. The molecule has 0 radical (unpaired) electrons. The molecule has 2 rings (SSSR count). The van der Waals surface area contributed by atoms with Crippen LogP contribution >= 0.6 is 27.3 Å². The van der Waals surface area contributed by atoms with Gasteiger partial charge >= 0.3 is 0 Å². The number of nitrogens with two attached hydrogens (primary N) is 1. The number of aryl methyl sites for hydroxylation is 1. The van der Waals surface area contributed by atoms with E-state index in [9.17, 15) is 4.21 Å². The quantitative estimate of drug-likeness (QED) is 0.880. The van der Waals surface area contributed by atoms with Gasteiger partial charge in [-0.05, 0) is 25.1 Å². The predicted octanol–water partition coefficient (Wildman–Crippen LogP) is 3.10. The van der Waals surface area contributed by atoms with Crippen LogP contribution in [0.3, 0.4) is 0 Å². The van der Waals surface area contributed by atoms with Gasteiger partial charge in [-0.25, -0.2) is 4.98 Å². The topological polar surface area (TPSA) is 56.0 Å². The van der Waals surface area contributed by atoms with Crippen LogP contribution in [-0.2, 0) is 16.6 Å². The number of hydrogen-bond donors (Lipinski definition) is 1.